The number of benzene rings is 2. The Morgan fingerprint density at radius 3 is 2.31 bits per heavy atom. The number of amides is 1. The second-order valence-electron chi connectivity index (χ2n) is 6.73. The van der Waals surface area contributed by atoms with E-state index < -0.39 is 11.6 Å². The van der Waals surface area contributed by atoms with Crippen molar-refractivity contribution in [2.24, 2.45) is 0 Å². The first-order chi connectivity index (χ1) is 12.1. The second kappa shape index (κ2) is 7.98. The van der Waals surface area contributed by atoms with Gasteiger partial charge < -0.3 is 15.8 Å². The number of nitrogen functional groups attached to an aromatic ring is 1. The van der Waals surface area contributed by atoms with Crippen molar-refractivity contribution in [1.29, 1.82) is 0 Å². The SMILES string of the molecule is CC(C)(C)OC(=O)c1ccc(CNC(=O)c2ccc(Cl)cc2N)cc1Cl. The quantitative estimate of drug-likeness (QED) is 0.592. The highest BCUT2D eigenvalue weighted by molar-refractivity contribution is 6.33. The van der Waals surface area contributed by atoms with Gasteiger partial charge in [-0.2, -0.15) is 0 Å². The van der Waals surface area contributed by atoms with Crippen LogP contribution in [0.1, 0.15) is 47.1 Å². The normalized spacial score (nSPS) is 11.1. The van der Waals surface area contributed by atoms with Gasteiger partial charge in [-0.05, 0) is 56.7 Å². The largest absolute Gasteiger partial charge is 0.456 e. The third kappa shape index (κ3) is 5.38. The predicted molar refractivity (Wildman–Crippen MR) is 104 cm³/mol. The summed E-state index contributed by atoms with van der Waals surface area (Å²) < 4.78 is 5.31. The van der Waals surface area contributed by atoms with Crippen LogP contribution < -0.4 is 11.1 Å². The van der Waals surface area contributed by atoms with E-state index in [1.165, 1.54) is 6.07 Å². The van der Waals surface area contributed by atoms with Gasteiger partial charge in [0.15, 0.2) is 0 Å². The molecule has 0 spiro atoms. The van der Waals surface area contributed by atoms with Crippen molar-refractivity contribution >= 4 is 40.8 Å². The van der Waals surface area contributed by atoms with Gasteiger partial charge in [0.2, 0.25) is 0 Å². The Bertz CT molecular complexity index is 845. The van der Waals surface area contributed by atoms with Crippen LogP contribution in [0.3, 0.4) is 0 Å². The molecule has 0 aromatic heterocycles. The molecule has 7 heteroatoms. The number of esters is 1. The fourth-order valence-corrected chi connectivity index (χ4v) is 2.65. The Labute approximate surface area is 162 Å². The zero-order chi connectivity index (χ0) is 19.5. The number of halogens is 2. The second-order valence-corrected chi connectivity index (χ2v) is 7.57. The summed E-state index contributed by atoms with van der Waals surface area (Å²) in [7, 11) is 0. The average Bonchev–Trinajstić information content (AvgIpc) is 2.50. The summed E-state index contributed by atoms with van der Waals surface area (Å²) in [4.78, 5) is 24.3. The Hall–Kier alpha value is -2.24. The fraction of sp³-hybridized carbons (Fsp3) is 0.263. The van der Waals surface area contributed by atoms with Crippen molar-refractivity contribution in [1.82, 2.24) is 5.32 Å². The highest BCUT2D eigenvalue weighted by atomic mass is 35.5. The summed E-state index contributed by atoms with van der Waals surface area (Å²) in [6, 6.07) is 9.57. The molecule has 0 bridgehead atoms. The molecule has 2 aromatic rings. The Kier molecular flexibility index (Phi) is 6.16. The number of hydrogen-bond donors (Lipinski definition) is 2. The average molecular weight is 395 g/mol. The molecule has 26 heavy (non-hydrogen) atoms. The van der Waals surface area contributed by atoms with Crippen molar-refractivity contribution in [3.63, 3.8) is 0 Å². The molecule has 0 radical (unpaired) electrons. The molecule has 1 amide bonds. The van der Waals surface area contributed by atoms with Crippen molar-refractivity contribution in [3.05, 3.63) is 63.1 Å². The number of rotatable bonds is 4. The van der Waals surface area contributed by atoms with Gasteiger partial charge in [0.25, 0.3) is 5.91 Å². The molecular weight excluding hydrogens is 375 g/mol. The van der Waals surface area contributed by atoms with Gasteiger partial charge in [-0.15, -0.1) is 0 Å². The first-order valence-electron chi connectivity index (χ1n) is 7.92. The van der Waals surface area contributed by atoms with E-state index >= 15 is 0 Å². The maximum absolute atomic E-state index is 12.2. The first kappa shape index (κ1) is 20.1. The van der Waals surface area contributed by atoms with E-state index in [1.54, 1.807) is 51.1 Å². The van der Waals surface area contributed by atoms with Crippen molar-refractivity contribution < 1.29 is 14.3 Å². The predicted octanol–water partition coefficient (Wildman–Crippen LogP) is 4.46. The number of carbonyl (C=O) groups excluding carboxylic acids is 2. The maximum Gasteiger partial charge on any atom is 0.340 e. The molecule has 0 saturated carbocycles. The molecule has 0 fully saturated rings. The minimum absolute atomic E-state index is 0.231. The van der Waals surface area contributed by atoms with Gasteiger partial charge in [0.05, 0.1) is 16.1 Å². The van der Waals surface area contributed by atoms with Crippen LogP contribution in [0, 0.1) is 0 Å². The summed E-state index contributed by atoms with van der Waals surface area (Å²) in [5.41, 5.74) is 6.85. The Morgan fingerprint density at radius 1 is 1.08 bits per heavy atom. The third-order valence-corrected chi connectivity index (χ3v) is 3.91. The van der Waals surface area contributed by atoms with E-state index in [1.807, 2.05) is 0 Å². The van der Waals surface area contributed by atoms with E-state index in [-0.39, 0.29) is 23.0 Å². The Morgan fingerprint density at radius 2 is 1.73 bits per heavy atom. The van der Waals surface area contributed by atoms with Gasteiger partial charge >= 0.3 is 5.97 Å². The van der Waals surface area contributed by atoms with Crippen LogP contribution in [0.15, 0.2) is 36.4 Å². The zero-order valence-corrected chi connectivity index (χ0v) is 16.2. The standard InChI is InChI=1S/C19H20Cl2N2O3/c1-19(2,3)26-18(25)13-6-4-11(8-15(13)21)10-23-17(24)14-7-5-12(20)9-16(14)22/h4-9H,10,22H2,1-3H3,(H,23,24). The highest BCUT2D eigenvalue weighted by Gasteiger charge is 2.20. The zero-order valence-electron chi connectivity index (χ0n) is 14.7. The molecule has 0 heterocycles. The summed E-state index contributed by atoms with van der Waals surface area (Å²) >= 11 is 12.0. The van der Waals surface area contributed by atoms with Crippen LogP contribution in [0.25, 0.3) is 0 Å². The van der Waals surface area contributed by atoms with Crippen LogP contribution in [0.4, 0.5) is 5.69 Å². The van der Waals surface area contributed by atoms with E-state index in [0.29, 0.717) is 16.3 Å². The van der Waals surface area contributed by atoms with Crippen molar-refractivity contribution in [2.45, 2.75) is 32.9 Å². The van der Waals surface area contributed by atoms with Crippen LogP contribution in [-0.2, 0) is 11.3 Å². The van der Waals surface area contributed by atoms with E-state index in [0.717, 1.165) is 5.56 Å². The number of nitrogens with one attached hydrogen (secondary N) is 1. The summed E-state index contributed by atoms with van der Waals surface area (Å²) in [6.07, 6.45) is 0. The monoisotopic (exact) mass is 394 g/mol. The minimum Gasteiger partial charge on any atom is -0.456 e. The van der Waals surface area contributed by atoms with Gasteiger partial charge in [-0.3, -0.25) is 4.79 Å². The number of carbonyl (C=O) groups is 2. The van der Waals surface area contributed by atoms with Crippen molar-refractivity contribution in [2.75, 3.05) is 5.73 Å². The molecule has 2 rings (SSSR count). The maximum atomic E-state index is 12.2. The lowest BCUT2D eigenvalue weighted by atomic mass is 10.1. The fourth-order valence-electron chi connectivity index (χ4n) is 2.19. The lowest BCUT2D eigenvalue weighted by Gasteiger charge is -2.20. The van der Waals surface area contributed by atoms with E-state index in [2.05, 4.69) is 5.32 Å². The van der Waals surface area contributed by atoms with Crippen LogP contribution in [0.2, 0.25) is 10.0 Å². The molecule has 5 nitrogen and oxygen atoms in total. The highest BCUT2D eigenvalue weighted by Crippen LogP contribution is 2.22. The van der Waals surface area contributed by atoms with Gasteiger partial charge in [-0.1, -0.05) is 29.3 Å². The van der Waals surface area contributed by atoms with Gasteiger partial charge in [0.1, 0.15) is 5.60 Å². The topological polar surface area (TPSA) is 81.4 Å². The van der Waals surface area contributed by atoms with Crippen molar-refractivity contribution in [3.8, 4) is 0 Å². The number of hydrogen-bond acceptors (Lipinski definition) is 4. The molecule has 3 N–H and O–H groups in total. The molecule has 138 valence electrons. The molecular formula is C19H20Cl2N2O3. The van der Waals surface area contributed by atoms with E-state index in [9.17, 15) is 9.59 Å². The molecule has 0 aliphatic carbocycles. The lowest BCUT2D eigenvalue weighted by molar-refractivity contribution is 0.00696. The molecule has 0 saturated heterocycles. The van der Waals surface area contributed by atoms with Crippen LogP contribution >= 0.6 is 23.2 Å². The van der Waals surface area contributed by atoms with Gasteiger partial charge in [-0.25, -0.2) is 4.79 Å². The number of nitrogens with two attached hydrogens (primary N) is 1. The summed E-state index contributed by atoms with van der Waals surface area (Å²) in [5.74, 6) is -0.821. The lowest BCUT2D eigenvalue weighted by Crippen LogP contribution is -2.25. The molecule has 0 atom stereocenters. The first-order valence-corrected chi connectivity index (χ1v) is 8.67. The molecule has 0 aliphatic rings. The molecule has 0 unspecified atom stereocenters. The van der Waals surface area contributed by atoms with Gasteiger partial charge in [0, 0.05) is 17.3 Å². The minimum atomic E-state index is -0.606. The third-order valence-electron chi connectivity index (χ3n) is 3.36. The van der Waals surface area contributed by atoms with E-state index in [4.69, 9.17) is 33.7 Å². The molecule has 2 aromatic carbocycles. The van der Waals surface area contributed by atoms with Crippen LogP contribution in [-0.4, -0.2) is 17.5 Å². The Balaban J connectivity index is 2.05. The number of anilines is 1. The molecule has 0 aliphatic heterocycles. The smallest absolute Gasteiger partial charge is 0.340 e. The van der Waals surface area contributed by atoms with Crippen LogP contribution in [0.5, 0.6) is 0 Å². The number of ether oxygens (including phenoxy) is 1. The summed E-state index contributed by atoms with van der Waals surface area (Å²) in [5, 5.41) is 3.48. The summed E-state index contributed by atoms with van der Waals surface area (Å²) in [6.45, 7) is 5.58.